The number of halogens is 1. The number of thiazole rings is 1. The quantitative estimate of drug-likeness (QED) is 0.206. The number of benzene rings is 2. The van der Waals surface area contributed by atoms with Gasteiger partial charge in [0, 0.05) is 12.5 Å². The van der Waals surface area contributed by atoms with Crippen LogP contribution in [0.2, 0.25) is 0 Å². The van der Waals surface area contributed by atoms with Crippen LogP contribution in [0.3, 0.4) is 0 Å². The molecule has 0 saturated heterocycles. The summed E-state index contributed by atoms with van der Waals surface area (Å²) < 4.78 is 18.3. The van der Waals surface area contributed by atoms with Crippen LogP contribution in [-0.4, -0.2) is 34.3 Å². The summed E-state index contributed by atoms with van der Waals surface area (Å²) in [5.74, 6) is 1.34. The Morgan fingerprint density at radius 2 is 2.03 bits per heavy atom. The number of esters is 1. The van der Waals surface area contributed by atoms with Gasteiger partial charge in [-0.25, -0.2) is 0 Å². The second-order valence-corrected chi connectivity index (χ2v) is 8.66. The maximum absolute atomic E-state index is 12.9. The third-order valence-electron chi connectivity index (χ3n) is 4.46. The molecule has 33 heavy (non-hydrogen) atoms. The minimum atomic E-state index is -0.465. The van der Waals surface area contributed by atoms with Crippen molar-refractivity contribution in [3.8, 4) is 28.6 Å². The summed E-state index contributed by atoms with van der Waals surface area (Å²) in [7, 11) is 1.47. The molecule has 0 N–H and O–H groups in total. The Labute approximate surface area is 200 Å². The Morgan fingerprint density at radius 3 is 2.67 bits per heavy atom. The number of carbonyl (C=O) groups excluding carboxylic acids is 1. The maximum atomic E-state index is 12.9. The van der Waals surface area contributed by atoms with E-state index in [0.29, 0.717) is 43.5 Å². The van der Waals surface area contributed by atoms with Crippen LogP contribution >= 0.6 is 27.3 Å². The van der Waals surface area contributed by atoms with E-state index in [1.54, 1.807) is 24.3 Å². The van der Waals surface area contributed by atoms with E-state index in [-0.39, 0.29) is 11.3 Å². The van der Waals surface area contributed by atoms with Gasteiger partial charge < -0.3 is 14.2 Å². The molecule has 10 heteroatoms. The highest BCUT2D eigenvalue weighted by Crippen LogP contribution is 2.37. The van der Waals surface area contributed by atoms with Gasteiger partial charge in [-0.2, -0.15) is 9.50 Å². The standard InChI is InChI=1S/C23H18BrN3O5S/c1-4-9-31-16-7-5-15(6-8-16)21-25-23-27(26-21)22(29)19(33-23)12-14-10-17(24)20(32-13(2)28)18(11-14)30-3/h4-8,10-12H,1,9H2,2-3H3. The molecule has 0 bridgehead atoms. The summed E-state index contributed by atoms with van der Waals surface area (Å²) in [6.45, 7) is 5.35. The summed E-state index contributed by atoms with van der Waals surface area (Å²) in [5, 5.41) is 4.37. The van der Waals surface area contributed by atoms with Crippen LogP contribution in [0.1, 0.15) is 12.5 Å². The van der Waals surface area contributed by atoms with Crippen molar-refractivity contribution in [3.63, 3.8) is 0 Å². The Bertz CT molecular complexity index is 1460. The van der Waals surface area contributed by atoms with Crippen molar-refractivity contribution in [2.45, 2.75) is 6.92 Å². The minimum Gasteiger partial charge on any atom is -0.493 e. The highest BCUT2D eigenvalue weighted by Gasteiger charge is 2.15. The highest BCUT2D eigenvalue weighted by molar-refractivity contribution is 9.10. The monoisotopic (exact) mass is 527 g/mol. The number of fused-ring (bicyclic) bond motifs is 1. The lowest BCUT2D eigenvalue weighted by Gasteiger charge is -2.10. The number of hydrogen-bond donors (Lipinski definition) is 0. The van der Waals surface area contributed by atoms with E-state index in [1.165, 1.54) is 29.9 Å². The molecule has 0 amide bonds. The Morgan fingerprint density at radius 1 is 1.27 bits per heavy atom. The molecule has 0 spiro atoms. The molecule has 2 aromatic carbocycles. The topological polar surface area (TPSA) is 92.0 Å². The van der Waals surface area contributed by atoms with Crippen LogP contribution in [0, 0.1) is 0 Å². The van der Waals surface area contributed by atoms with Gasteiger partial charge in [-0.3, -0.25) is 9.59 Å². The third kappa shape index (κ3) is 4.81. The molecular weight excluding hydrogens is 510 g/mol. The normalized spacial score (nSPS) is 11.5. The first-order valence-electron chi connectivity index (χ1n) is 9.71. The van der Waals surface area contributed by atoms with E-state index in [1.807, 2.05) is 24.3 Å². The van der Waals surface area contributed by atoms with Gasteiger partial charge in [-0.15, -0.1) is 5.10 Å². The Kier molecular flexibility index (Phi) is 6.57. The second-order valence-electron chi connectivity index (χ2n) is 6.80. The largest absolute Gasteiger partial charge is 0.493 e. The van der Waals surface area contributed by atoms with Crippen molar-refractivity contribution in [3.05, 3.63) is 74.0 Å². The molecule has 0 unspecified atom stereocenters. The fourth-order valence-corrected chi connectivity index (χ4v) is 4.48. The van der Waals surface area contributed by atoms with Crippen LogP contribution < -0.4 is 24.3 Å². The first-order valence-corrected chi connectivity index (χ1v) is 11.3. The summed E-state index contributed by atoms with van der Waals surface area (Å²) in [4.78, 5) is 29.2. The lowest BCUT2D eigenvalue weighted by Crippen LogP contribution is -2.23. The molecule has 0 atom stereocenters. The predicted octanol–water partition coefficient (Wildman–Crippen LogP) is 3.63. The molecule has 4 aromatic rings. The smallest absolute Gasteiger partial charge is 0.308 e. The highest BCUT2D eigenvalue weighted by atomic mass is 79.9. The van der Waals surface area contributed by atoms with Gasteiger partial charge in [-0.05, 0) is 64.0 Å². The lowest BCUT2D eigenvalue weighted by atomic mass is 10.2. The molecule has 8 nitrogen and oxygen atoms in total. The average Bonchev–Trinajstić information content (AvgIpc) is 3.33. The zero-order valence-corrected chi connectivity index (χ0v) is 20.1. The van der Waals surface area contributed by atoms with Crippen molar-refractivity contribution in [1.82, 2.24) is 14.6 Å². The second kappa shape index (κ2) is 9.55. The maximum Gasteiger partial charge on any atom is 0.308 e. The van der Waals surface area contributed by atoms with E-state index >= 15 is 0 Å². The van der Waals surface area contributed by atoms with Gasteiger partial charge in [0.2, 0.25) is 4.96 Å². The summed E-state index contributed by atoms with van der Waals surface area (Å²) >= 11 is 4.61. The molecule has 2 aromatic heterocycles. The number of nitrogens with zero attached hydrogens (tertiary/aromatic N) is 3. The predicted molar refractivity (Wildman–Crippen MR) is 129 cm³/mol. The number of methoxy groups -OCH3 is 1. The van der Waals surface area contributed by atoms with Crippen molar-refractivity contribution >= 4 is 44.3 Å². The van der Waals surface area contributed by atoms with E-state index in [0.717, 1.165) is 5.56 Å². The van der Waals surface area contributed by atoms with Crippen LogP contribution in [0.25, 0.3) is 22.4 Å². The zero-order chi connectivity index (χ0) is 23.5. The number of aromatic nitrogens is 3. The first kappa shape index (κ1) is 22.7. The van der Waals surface area contributed by atoms with Gasteiger partial charge in [-0.1, -0.05) is 24.0 Å². The van der Waals surface area contributed by atoms with Crippen molar-refractivity contribution in [2.24, 2.45) is 0 Å². The number of ether oxygens (including phenoxy) is 3. The molecule has 4 rings (SSSR count). The molecule has 168 valence electrons. The third-order valence-corrected chi connectivity index (χ3v) is 6.01. The van der Waals surface area contributed by atoms with E-state index < -0.39 is 5.97 Å². The Hall–Kier alpha value is -3.50. The summed E-state index contributed by atoms with van der Waals surface area (Å²) in [5.41, 5.74) is 1.18. The van der Waals surface area contributed by atoms with Crippen LogP contribution in [0.5, 0.6) is 17.2 Å². The molecule has 0 aliphatic heterocycles. The van der Waals surface area contributed by atoms with Gasteiger partial charge in [0.25, 0.3) is 5.56 Å². The SMILES string of the molecule is C=CCOc1ccc(-c2nc3sc(=Cc4cc(Br)c(OC(C)=O)c(OC)c4)c(=O)n3n2)cc1. The summed E-state index contributed by atoms with van der Waals surface area (Å²) in [6, 6.07) is 10.7. The Balaban J connectivity index is 1.68. The van der Waals surface area contributed by atoms with Crippen molar-refractivity contribution in [1.29, 1.82) is 0 Å². The molecule has 0 radical (unpaired) electrons. The van der Waals surface area contributed by atoms with Gasteiger partial charge in [0.05, 0.1) is 16.1 Å². The molecule has 2 heterocycles. The molecule has 0 aliphatic carbocycles. The van der Waals surface area contributed by atoms with E-state index in [4.69, 9.17) is 14.2 Å². The molecule has 0 fully saturated rings. The zero-order valence-electron chi connectivity index (χ0n) is 17.7. The number of rotatable bonds is 7. The number of carbonyl (C=O) groups is 1. The minimum absolute atomic E-state index is 0.276. The first-order chi connectivity index (χ1) is 15.9. The van der Waals surface area contributed by atoms with Gasteiger partial charge in [0.15, 0.2) is 17.3 Å². The van der Waals surface area contributed by atoms with Crippen LogP contribution in [-0.2, 0) is 4.79 Å². The van der Waals surface area contributed by atoms with Gasteiger partial charge in [0.1, 0.15) is 12.4 Å². The van der Waals surface area contributed by atoms with E-state index in [9.17, 15) is 9.59 Å². The molecule has 0 saturated carbocycles. The summed E-state index contributed by atoms with van der Waals surface area (Å²) in [6.07, 6.45) is 3.38. The van der Waals surface area contributed by atoms with Gasteiger partial charge >= 0.3 is 5.97 Å². The van der Waals surface area contributed by atoms with Crippen molar-refractivity contribution in [2.75, 3.05) is 13.7 Å². The average molecular weight is 528 g/mol. The fraction of sp³-hybridized carbons (Fsp3) is 0.130. The van der Waals surface area contributed by atoms with Crippen molar-refractivity contribution < 1.29 is 19.0 Å². The molecular formula is C23H18BrN3O5S. The van der Waals surface area contributed by atoms with Crippen LogP contribution in [0.4, 0.5) is 0 Å². The lowest BCUT2D eigenvalue weighted by molar-refractivity contribution is -0.132. The fourth-order valence-electron chi connectivity index (χ4n) is 3.03. The molecule has 0 aliphatic rings. The number of hydrogen-bond acceptors (Lipinski definition) is 8. The van der Waals surface area contributed by atoms with Crippen LogP contribution in [0.15, 0.2) is 58.3 Å². The van der Waals surface area contributed by atoms with E-state index in [2.05, 4.69) is 32.6 Å².